The third kappa shape index (κ3) is 5.40. The third-order valence-corrected chi connectivity index (χ3v) is 7.35. The van der Waals surface area contributed by atoms with E-state index in [1.54, 1.807) is 19.3 Å². The number of carbonyl (C=O) groups is 1. The molecule has 0 aromatic rings. The molecule has 0 aromatic heterocycles. The fourth-order valence-electron chi connectivity index (χ4n) is 0.822. The molecule has 4 nitrogen and oxygen atoms in total. The number of esters is 1. The summed E-state index contributed by atoms with van der Waals surface area (Å²) in [5, 5.41) is 0.0939. The molecule has 0 rings (SSSR count). The first-order valence-corrected chi connectivity index (χ1v) is 8.74. The van der Waals surface area contributed by atoms with Gasteiger partial charge in [-0.25, -0.2) is 4.79 Å². The Balaban J connectivity index is 4.76. The van der Waals surface area contributed by atoms with Crippen LogP contribution in [0.5, 0.6) is 0 Å². The Morgan fingerprint density at radius 1 is 1.11 bits per heavy atom. The maximum Gasteiger partial charge on any atom is 0.330 e. The van der Waals surface area contributed by atoms with Crippen LogP contribution in [0, 0.1) is 0 Å². The first-order chi connectivity index (χ1) is 8.14. The van der Waals surface area contributed by atoms with E-state index in [0.29, 0.717) is 5.95 Å². The van der Waals surface area contributed by atoms with Crippen molar-refractivity contribution in [2.75, 3.05) is 14.2 Å². The first kappa shape index (κ1) is 16.8. The minimum absolute atomic E-state index is 0.0939. The van der Waals surface area contributed by atoms with Crippen LogP contribution in [0.1, 0.15) is 20.8 Å². The van der Waals surface area contributed by atoms with E-state index in [-0.39, 0.29) is 5.04 Å². The van der Waals surface area contributed by atoms with E-state index >= 15 is 0 Å². The lowest BCUT2D eigenvalue weighted by atomic mass is 10.2. The molecule has 0 aliphatic carbocycles. The number of rotatable bonds is 5. The van der Waals surface area contributed by atoms with E-state index in [0.717, 1.165) is 0 Å². The standard InChI is InChI=1S/C13H24O4Si/c1-13(2,3)18(6,7)17-12(16-5)10-8-9-11(14)15-4/h8-10H,1-7H3/b9-8+,12-10+. The summed E-state index contributed by atoms with van der Waals surface area (Å²) in [6, 6.07) is 0. The van der Waals surface area contributed by atoms with Crippen LogP contribution in [0.2, 0.25) is 18.1 Å². The molecule has 0 amide bonds. The van der Waals surface area contributed by atoms with Gasteiger partial charge in [0.05, 0.1) is 14.2 Å². The maximum absolute atomic E-state index is 10.9. The van der Waals surface area contributed by atoms with Gasteiger partial charge in [0.25, 0.3) is 14.3 Å². The van der Waals surface area contributed by atoms with Gasteiger partial charge in [-0.1, -0.05) is 20.8 Å². The molecule has 0 radical (unpaired) electrons. The topological polar surface area (TPSA) is 44.8 Å². The van der Waals surface area contributed by atoms with Crippen molar-refractivity contribution in [2.24, 2.45) is 0 Å². The Bertz CT molecular complexity index is 337. The van der Waals surface area contributed by atoms with Crippen LogP contribution in [0.3, 0.4) is 0 Å². The Kier molecular flexibility index (Phi) is 6.18. The average Bonchev–Trinajstić information content (AvgIpc) is 2.25. The van der Waals surface area contributed by atoms with Gasteiger partial charge in [-0.05, 0) is 24.2 Å². The number of allylic oxidation sites excluding steroid dienone is 2. The minimum Gasteiger partial charge on any atom is -0.519 e. The summed E-state index contributed by atoms with van der Waals surface area (Å²) in [7, 11) is 0.962. The molecule has 0 aliphatic heterocycles. The van der Waals surface area contributed by atoms with Crippen molar-refractivity contribution in [3.05, 3.63) is 24.2 Å². The highest BCUT2D eigenvalue weighted by atomic mass is 28.4. The van der Waals surface area contributed by atoms with Crippen LogP contribution in [-0.2, 0) is 18.7 Å². The van der Waals surface area contributed by atoms with Gasteiger partial charge in [0.1, 0.15) is 0 Å². The van der Waals surface area contributed by atoms with Gasteiger partial charge in [-0.2, -0.15) is 0 Å². The van der Waals surface area contributed by atoms with E-state index in [1.165, 1.54) is 13.2 Å². The lowest BCUT2D eigenvalue weighted by Gasteiger charge is -2.36. The summed E-state index contributed by atoms with van der Waals surface area (Å²) in [6.07, 6.45) is 4.49. The largest absolute Gasteiger partial charge is 0.519 e. The molecule has 0 spiro atoms. The zero-order chi connectivity index (χ0) is 14.4. The molecule has 0 fully saturated rings. The predicted molar refractivity (Wildman–Crippen MR) is 74.5 cm³/mol. The molecular formula is C13H24O4Si. The monoisotopic (exact) mass is 272 g/mol. The van der Waals surface area contributed by atoms with Crippen LogP contribution < -0.4 is 0 Å². The van der Waals surface area contributed by atoms with Crippen LogP contribution in [0.15, 0.2) is 24.2 Å². The van der Waals surface area contributed by atoms with Crippen molar-refractivity contribution in [3.63, 3.8) is 0 Å². The van der Waals surface area contributed by atoms with E-state index in [4.69, 9.17) is 9.16 Å². The van der Waals surface area contributed by atoms with Gasteiger partial charge >= 0.3 is 5.97 Å². The van der Waals surface area contributed by atoms with Crippen LogP contribution >= 0.6 is 0 Å². The molecule has 0 aliphatic rings. The molecule has 0 heterocycles. The molecule has 0 atom stereocenters. The Morgan fingerprint density at radius 2 is 1.67 bits per heavy atom. The molecule has 0 aromatic carbocycles. The normalized spacial score (nSPS) is 13.6. The third-order valence-electron chi connectivity index (χ3n) is 3.03. The van der Waals surface area contributed by atoms with Gasteiger partial charge in [-0.3, -0.25) is 0 Å². The lowest BCUT2D eigenvalue weighted by molar-refractivity contribution is -0.134. The smallest absolute Gasteiger partial charge is 0.330 e. The quantitative estimate of drug-likeness (QED) is 0.253. The van der Waals surface area contributed by atoms with E-state index < -0.39 is 14.3 Å². The lowest BCUT2D eigenvalue weighted by Crippen LogP contribution is -2.40. The van der Waals surface area contributed by atoms with E-state index in [1.807, 2.05) is 0 Å². The number of ether oxygens (including phenoxy) is 2. The SMILES string of the molecule is COC(=O)/C=C/C=C(\OC)O[Si](C)(C)C(C)(C)C. The molecule has 18 heavy (non-hydrogen) atoms. The summed E-state index contributed by atoms with van der Waals surface area (Å²) < 4.78 is 15.6. The highest BCUT2D eigenvalue weighted by Gasteiger charge is 2.39. The predicted octanol–water partition coefficient (Wildman–Crippen LogP) is 3.23. The summed E-state index contributed by atoms with van der Waals surface area (Å²) in [4.78, 5) is 10.9. The number of hydrogen-bond acceptors (Lipinski definition) is 4. The van der Waals surface area contributed by atoms with Crippen LogP contribution in [-0.4, -0.2) is 28.5 Å². The van der Waals surface area contributed by atoms with Crippen molar-refractivity contribution in [1.82, 2.24) is 0 Å². The number of methoxy groups -OCH3 is 2. The van der Waals surface area contributed by atoms with Crippen molar-refractivity contribution in [2.45, 2.75) is 38.9 Å². The number of hydrogen-bond donors (Lipinski definition) is 0. The highest BCUT2D eigenvalue weighted by molar-refractivity contribution is 6.74. The second-order valence-corrected chi connectivity index (χ2v) is 10.2. The van der Waals surface area contributed by atoms with Crippen molar-refractivity contribution >= 4 is 14.3 Å². The van der Waals surface area contributed by atoms with Crippen molar-refractivity contribution < 1.29 is 18.7 Å². The summed E-state index contributed by atoms with van der Waals surface area (Å²) in [6.45, 7) is 10.7. The zero-order valence-electron chi connectivity index (χ0n) is 12.4. The molecule has 104 valence electrons. The Morgan fingerprint density at radius 3 is 2.06 bits per heavy atom. The maximum atomic E-state index is 10.9. The highest BCUT2D eigenvalue weighted by Crippen LogP contribution is 2.37. The average molecular weight is 272 g/mol. The summed E-state index contributed by atoms with van der Waals surface area (Å²) in [5.74, 6) is 0.00998. The molecule has 0 saturated heterocycles. The Hall–Kier alpha value is -1.23. The number of carbonyl (C=O) groups excluding carboxylic acids is 1. The van der Waals surface area contributed by atoms with Gasteiger partial charge < -0.3 is 13.9 Å². The first-order valence-electron chi connectivity index (χ1n) is 5.83. The minimum atomic E-state index is -1.92. The van der Waals surface area contributed by atoms with Crippen molar-refractivity contribution in [1.29, 1.82) is 0 Å². The van der Waals surface area contributed by atoms with Gasteiger partial charge in [0, 0.05) is 12.2 Å². The van der Waals surface area contributed by atoms with E-state index in [9.17, 15) is 4.79 Å². The second-order valence-electron chi connectivity index (χ2n) is 5.43. The Labute approximate surface area is 111 Å². The van der Waals surface area contributed by atoms with Crippen LogP contribution in [0.4, 0.5) is 0 Å². The summed E-state index contributed by atoms with van der Waals surface area (Å²) >= 11 is 0. The fourth-order valence-corrected chi connectivity index (χ4v) is 1.78. The fraction of sp³-hybridized carbons (Fsp3) is 0.615. The molecule has 5 heteroatoms. The molecular weight excluding hydrogens is 248 g/mol. The zero-order valence-corrected chi connectivity index (χ0v) is 13.4. The van der Waals surface area contributed by atoms with Gasteiger partial charge in [0.2, 0.25) is 0 Å². The molecule has 0 saturated carbocycles. The van der Waals surface area contributed by atoms with Gasteiger partial charge in [0.15, 0.2) is 0 Å². The molecule has 0 N–H and O–H groups in total. The van der Waals surface area contributed by atoms with Crippen molar-refractivity contribution in [3.8, 4) is 0 Å². The van der Waals surface area contributed by atoms with E-state index in [2.05, 4.69) is 38.6 Å². The molecule has 0 unspecified atom stereocenters. The second kappa shape index (κ2) is 6.63. The van der Waals surface area contributed by atoms with Gasteiger partial charge in [-0.15, -0.1) is 0 Å². The summed E-state index contributed by atoms with van der Waals surface area (Å²) in [5.41, 5.74) is 0. The molecule has 0 bridgehead atoms. The van der Waals surface area contributed by atoms with Crippen LogP contribution in [0.25, 0.3) is 0 Å².